The van der Waals surface area contributed by atoms with Crippen molar-refractivity contribution in [2.75, 3.05) is 7.11 Å². The normalized spacial score (nSPS) is 10.3. The molecule has 0 fully saturated rings. The Labute approximate surface area is 122 Å². The molecule has 98 valence electrons. The van der Waals surface area contributed by atoms with Gasteiger partial charge in [0, 0.05) is 10.6 Å². The second-order valence-corrected chi connectivity index (χ2v) is 4.92. The van der Waals surface area contributed by atoms with Gasteiger partial charge in [0.15, 0.2) is 0 Å². The van der Waals surface area contributed by atoms with Crippen LogP contribution in [0.15, 0.2) is 35.1 Å². The summed E-state index contributed by atoms with van der Waals surface area (Å²) in [5.41, 5.74) is 0.850. The molecule has 3 nitrogen and oxygen atoms in total. The highest BCUT2D eigenvalue weighted by Crippen LogP contribution is 2.30. The summed E-state index contributed by atoms with van der Waals surface area (Å²) in [7, 11) is 1.26. The molecule has 2 rings (SSSR count). The molecule has 0 radical (unpaired) electrons. The molecule has 0 aliphatic heterocycles. The molecule has 0 spiro atoms. The summed E-state index contributed by atoms with van der Waals surface area (Å²) in [4.78, 5) is 15.5. The maximum Gasteiger partial charge on any atom is 0.338 e. The van der Waals surface area contributed by atoms with Crippen LogP contribution in [0.2, 0.25) is 5.02 Å². The van der Waals surface area contributed by atoms with Crippen LogP contribution < -0.4 is 0 Å². The Morgan fingerprint density at radius 1 is 1.37 bits per heavy atom. The van der Waals surface area contributed by atoms with Crippen molar-refractivity contribution < 1.29 is 13.9 Å². The SMILES string of the molecule is COC(=O)c1cc(Cl)ccc1-c1cc(Br)ncc1F. The van der Waals surface area contributed by atoms with Gasteiger partial charge in [-0.15, -0.1) is 0 Å². The van der Waals surface area contributed by atoms with E-state index in [1.54, 1.807) is 12.1 Å². The number of hydrogen-bond donors (Lipinski definition) is 0. The molecule has 0 bridgehead atoms. The van der Waals surface area contributed by atoms with Crippen molar-refractivity contribution in [1.82, 2.24) is 4.98 Å². The zero-order chi connectivity index (χ0) is 14.0. The molecule has 0 aliphatic rings. The Morgan fingerprint density at radius 3 is 2.79 bits per heavy atom. The largest absolute Gasteiger partial charge is 0.465 e. The van der Waals surface area contributed by atoms with E-state index in [1.807, 2.05) is 0 Å². The zero-order valence-corrected chi connectivity index (χ0v) is 12.1. The molecule has 2 aromatic rings. The van der Waals surface area contributed by atoms with Crippen molar-refractivity contribution in [3.05, 3.63) is 51.5 Å². The van der Waals surface area contributed by atoms with E-state index in [-0.39, 0.29) is 11.1 Å². The van der Waals surface area contributed by atoms with Crippen molar-refractivity contribution in [2.45, 2.75) is 0 Å². The average Bonchev–Trinajstić information content (AvgIpc) is 2.41. The number of aromatic nitrogens is 1. The fraction of sp³-hybridized carbons (Fsp3) is 0.0769. The van der Waals surface area contributed by atoms with Crippen LogP contribution in [-0.4, -0.2) is 18.1 Å². The lowest BCUT2D eigenvalue weighted by molar-refractivity contribution is 0.0601. The number of halogens is 3. The Balaban J connectivity index is 2.68. The van der Waals surface area contributed by atoms with Crippen LogP contribution in [0.1, 0.15) is 10.4 Å². The van der Waals surface area contributed by atoms with Gasteiger partial charge in [-0.05, 0) is 39.7 Å². The van der Waals surface area contributed by atoms with Crippen molar-refractivity contribution in [1.29, 1.82) is 0 Å². The second kappa shape index (κ2) is 5.67. The van der Waals surface area contributed by atoms with Gasteiger partial charge in [-0.3, -0.25) is 0 Å². The van der Waals surface area contributed by atoms with Gasteiger partial charge >= 0.3 is 5.97 Å². The lowest BCUT2D eigenvalue weighted by Crippen LogP contribution is -2.04. The van der Waals surface area contributed by atoms with Crippen molar-refractivity contribution in [3.63, 3.8) is 0 Å². The van der Waals surface area contributed by atoms with Crippen LogP contribution in [0.4, 0.5) is 4.39 Å². The molecule has 1 aromatic heterocycles. The summed E-state index contributed by atoms with van der Waals surface area (Å²) in [6, 6.07) is 6.08. The highest BCUT2D eigenvalue weighted by molar-refractivity contribution is 9.10. The smallest absolute Gasteiger partial charge is 0.338 e. The van der Waals surface area contributed by atoms with Crippen molar-refractivity contribution in [2.24, 2.45) is 0 Å². The number of ether oxygens (including phenoxy) is 1. The number of esters is 1. The highest BCUT2D eigenvalue weighted by atomic mass is 79.9. The van der Waals surface area contributed by atoms with Gasteiger partial charge in [0.05, 0.1) is 18.9 Å². The lowest BCUT2D eigenvalue weighted by Gasteiger charge is -2.09. The fourth-order valence-electron chi connectivity index (χ4n) is 1.65. The number of benzene rings is 1. The maximum absolute atomic E-state index is 13.8. The van der Waals surface area contributed by atoms with E-state index in [0.29, 0.717) is 15.2 Å². The quantitative estimate of drug-likeness (QED) is 0.608. The minimum Gasteiger partial charge on any atom is -0.465 e. The molecule has 0 saturated heterocycles. The van der Waals surface area contributed by atoms with Gasteiger partial charge in [0.2, 0.25) is 0 Å². The second-order valence-electron chi connectivity index (χ2n) is 3.67. The summed E-state index contributed by atoms with van der Waals surface area (Å²) < 4.78 is 19.0. The monoisotopic (exact) mass is 343 g/mol. The summed E-state index contributed by atoms with van der Waals surface area (Å²) in [6.07, 6.45) is 1.08. The molecule has 0 saturated carbocycles. The van der Waals surface area contributed by atoms with Gasteiger partial charge in [0.25, 0.3) is 0 Å². The molecule has 1 aromatic carbocycles. The van der Waals surface area contributed by atoms with Crippen molar-refractivity contribution in [3.8, 4) is 11.1 Å². The Kier molecular flexibility index (Phi) is 4.17. The average molecular weight is 345 g/mol. The topological polar surface area (TPSA) is 39.2 Å². The molecule has 6 heteroatoms. The number of hydrogen-bond acceptors (Lipinski definition) is 3. The molecule has 19 heavy (non-hydrogen) atoms. The Morgan fingerprint density at radius 2 is 2.11 bits per heavy atom. The molecule has 1 heterocycles. The summed E-state index contributed by atoms with van der Waals surface area (Å²) in [6.45, 7) is 0. The lowest BCUT2D eigenvalue weighted by atomic mass is 10.0. The first-order valence-electron chi connectivity index (χ1n) is 5.22. The molecule has 0 atom stereocenters. The van der Waals surface area contributed by atoms with Crippen LogP contribution >= 0.6 is 27.5 Å². The zero-order valence-electron chi connectivity index (χ0n) is 9.78. The molecule has 0 unspecified atom stereocenters. The van der Waals surface area contributed by atoms with E-state index in [0.717, 1.165) is 6.20 Å². The van der Waals surface area contributed by atoms with Gasteiger partial charge < -0.3 is 4.74 Å². The third-order valence-corrected chi connectivity index (χ3v) is 3.17. The molecule has 0 amide bonds. The van der Waals surface area contributed by atoms with Crippen LogP contribution in [0.3, 0.4) is 0 Å². The number of pyridine rings is 1. The number of nitrogens with zero attached hydrogens (tertiary/aromatic N) is 1. The Hall–Kier alpha value is -1.46. The predicted molar refractivity (Wildman–Crippen MR) is 73.7 cm³/mol. The van der Waals surface area contributed by atoms with E-state index >= 15 is 0 Å². The van der Waals surface area contributed by atoms with E-state index in [9.17, 15) is 9.18 Å². The van der Waals surface area contributed by atoms with Gasteiger partial charge in [-0.25, -0.2) is 14.2 Å². The number of carbonyl (C=O) groups excluding carboxylic acids is 1. The standard InChI is InChI=1S/C13H8BrClFNO2/c1-19-13(18)10-4-7(15)2-3-8(10)9-5-12(14)17-6-11(9)16/h2-6H,1H3. The van der Waals surface area contributed by atoms with Gasteiger partial charge in [-0.1, -0.05) is 17.7 Å². The molecular weight excluding hydrogens is 337 g/mol. The molecular formula is C13H8BrClFNO2. The number of rotatable bonds is 2. The van der Waals surface area contributed by atoms with E-state index in [2.05, 4.69) is 25.7 Å². The first-order chi connectivity index (χ1) is 9.02. The van der Waals surface area contributed by atoms with Crippen molar-refractivity contribution >= 4 is 33.5 Å². The maximum atomic E-state index is 13.8. The first kappa shape index (κ1) is 14.0. The third-order valence-electron chi connectivity index (χ3n) is 2.50. The molecule has 0 aliphatic carbocycles. The number of methoxy groups -OCH3 is 1. The van der Waals surface area contributed by atoms with Crippen LogP contribution in [0.25, 0.3) is 11.1 Å². The first-order valence-corrected chi connectivity index (χ1v) is 6.39. The van der Waals surface area contributed by atoms with Gasteiger partial charge in [-0.2, -0.15) is 0 Å². The summed E-state index contributed by atoms with van der Waals surface area (Å²) >= 11 is 9.02. The van der Waals surface area contributed by atoms with E-state index in [4.69, 9.17) is 11.6 Å². The van der Waals surface area contributed by atoms with Gasteiger partial charge in [0.1, 0.15) is 10.4 Å². The van der Waals surface area contributed by atoms with Crippen LogP contribution in [0, 0.1) is 5.82 Å². The van der Waals surface area contributed by atoms with Crippen LogP contribution in [-0.2, 0) is 4.74 Å². The summed E-state index contributed by atoms with van der Waals surface area (Å²) in [5, 5.41) is 0.373. The van der Waals surface area contributed by atoms with Crippen LogP contribution in [0.5, 0.6) is 0 Å². The van der Waals surface area contributed by atoms with E-state index < -0.39 is 11.8 Å². The third kappa shape index (κ3) is 2.93. The minimum atomic E-state index is -0.579. The molecule has 0 N–H and O–H groups in total. The predicted octanol–water partition coefficient (Wildman–Crippen LogP) is 4.09. The fourth-order valence-corrected chi connectivity index (χ4v) is 2.15. The van der Waals surface area contributed by atoms with E-state index in [1.165, 1.54) is 19.2 Å². The number of carbonyl (C=O) groups is 1. The minimum absolute atomic E-state index is 0.201. The summed E-state index contributed by atoms with van der Waals surface area (Å²) in [5.74, 6) is -1.11. The Bertz CT molecular complexity index is 649. The highest BCUT2D eigenvalue weighted by Gasteiger charge is 2.17.